The second-order valence-corrected chi connectivity index (χ2v) is 4.67. The van der Waals surface area contributed by atoms with Gasteiger partial charge in [-0.05, 0) is 32.0 Å². The van der Waals surface area contributed by atoms with E-state index in [1.807, 2.05) is 6.92 Å². The highest BCUT2D eigenvalue weighted by molar-refractivity contribution is 5.86. The van der Waals surface area contributed by atoms with E-state index in [-0.39, 0.29) is 25.0 Å². The van der Waals surface area contributed by atoms with Crippen molar-refractivity contribution in [1.29, 1.82) is 0 Å². The molecule has 0 aliphatic rings. The fraction of sp³-hybridized carbons (Fsp3) is 0.438. The van der Waals surface area contributed by atoms with Crippen molar-refractivity contribution in [2.24, 2.45) is 0 Å². The molecule has 1 aromatic rings. The SMILES string of the molecule is CCNC(=O)CN(CC)C(=O)COc1ccc(OC)cc1C=O. The number of ether oxygens (including phenoxy) is 2. The molecule has 126 valence electrons. The number of nitrogens with zero attached hydrogens (tertiary/aromatic N) is 1. The van der Waals surface area contributed by atoms with Gasteiger partial charge in [-0.2, -0.15) is 0 Å². The van der Waals surface area contributed by atoms with Gasteiger partial charge in [-0.15, -0.1) is 0 Å². The minimum Gasteiger partial charge on any atom is -0.497 e. The minimum absolute atomic E-state index is 0.0182. The number of hydrogen-bond donors (Lipinski definition) is 1. The Morgan fingerprint density at radius 1 is 1.30 bits per heavy atom. The maximum Gasteiger partial charge on any atom is 0.260 e. The van der Waals surface area contributed by atoms with Crippen LogP contribution in [0.1, 0.15) is 24.2 Å². The Kier molecular flexibility index (Phi) is 7.59. The van der Waals surface area contributed by atoms with Crippen molar-refractivity contribution in [3.05, 3.63) is 23.8 Å². The molecule has 7 nitrogen and oxygen atoms in total. The summed E-state index contributed by atoms with van der Waals surface area (Å²) in [4.78, 5) is 36.1. The number of hydrogen-bond acceptors (Lipinski definition) is 5. The van der Waals surface area contributed by atoms with Crippen molar-refractivity contribution < 1.29 is 23.9 Å². The lowest BCUT2D eigenvalue weighted by atomic mass is 10.2. The number of carbonyl (C=O) groups is 3. The van der Waals surface area contributed by atoms with E-state index < -0.39 is 0 Å². The van der Waals surface area contributed by atoms with Crippen LogP contribution in [0.25, 0.3) is 0 Å². The summed E-state index contributed by atoms with van der Waals surface area (Å²) in [5, 5.41) is 2.64. The quantitative estimate of drug-likeness (QED) is 0.682. The van der Waals surface area contributed by atoms with Gasteiger partial charge in [0.25, 0.3) is 5.91 Å². The largest absolute Gasteiger partial charge is 0.497 e. The normalized spacial score (nSPS) is 9.87. The van der Waals surface area contributed by atoms with Gasteiger partial charge in [0.15, 0.2) is 12.9 Å². The van der Waals surface area contributed by atoms with E-state index in [2.05, 4.69) is 5.32 Å². The van der Waals surface area contributed by atoms with Crippen LogP contribution in [0.5, 0.6) is 11.5 Å². The summed E-state index contributed by atoms with van der Waals surface area (Å²) in [5.74, 6) is 0.271. The number of methoxy groups -OCH3 is 1. The van der Waals surface area contributed by atoms with Crippen LogP contribution in [0.3, 0.4) is 0 Å². The standard InChI is InChI=1S/C16H22N2O5/c1-4-17-15(20)9-18(5-2)16(21)11-23-14-7-6-13(22-3)8-12(14)10-19/h6-8,10H,4-5,9,11H2,1-3H3,(H,17,20). The number of amides is 2. The van der Waals surface area contributed by atoms with Crippen LogP contribution in [0.15, 0.2) is 18.2 Å². The number of nitrogens with one attached hydrogen (secondary N) is 1. The van der Waals surface area contributed by atoms with E-state index in [4.69, 9.17) is 9.47 Å². The smallest absolute Gasteiger partial charge is 0.260 e. The fourth-order valence-corrected chi connectivity index (χ4v) is 1.91. The Morgan fingerprint density at radius 2 is 2.04 bits per heavy atom. The molecule has 0 unspecified atom stereocenters. The molecule has 0 bridgehead atoms. The highest BCUT2D eigenvalue weighted by Gasteiger charge is 2.16. The maximum absolute atomic E-state index is 12.1. The summed E-state index contributed by atoms with van der Waals surface area (Å²) in [6, 6.07) is 4.73. The Labute approximate surface area is 135 Å². The molecule has 0 spiro atoms. The van der Waals surface area contributed by atoms with E-state index in [1.54, 1.807) is 19.1 Å². The average molecular weight is 322 g/mol. The highest BCUT2D eigenvalue weighted by Crippen LogP contribution is 2.22. The van der Waals surface area contributed by atoms with Crippen LogP contribution < -0.4 is 14.8 Å². The van der Waals surface area contributed by atoms with Gasteiger partial charge >= 0.3 is 0 Å². The van der Waals surface area contributed by atoms with E-state index >= 15 is 0 Å². The number of aldehydes is 1. The molecule has 1 aromatic carbocycles. The van der Waals surface area contributed by atoms with Crippen LogP contribution in [0.2, 0.25) is 0 Å². The van der Waals surface area contributed by atoms with Crippen LogP contribution >= 0.6 is 0 Å². The zero-order chi connectivity index (χ0) is 17.2. The monoisotopic (exact) mass is 322 g/mol. The summed E-state index contributed by atoms with van der Waals surface area (Å²) in [6.45, 7) is 4.22. The van der Waals surface area contributed by atoms with E-state index in [1.165, 1.54) is 18.1 Å². The molecule has 0 aliphatic heterocycles. The van der Waals surface area contributed by atoms with Crippen LogP contribution in [-0.2, 0) is 9.59 Å². The lowest BCUT2D eigenvalue weighted by molar-refractivity contribution is -0.137. The molecule has 0 fully saturated rings. The Morgan fingerprint density at radius 3 is 2.61 bits per heavy atom. The van der Waals surface area contributed by atoms with Gasteiger partial charge in [0.1, 0.15) is 11.5 Å². The molecule has 0 saturated carbocycles. The molecule has 7 heteroatoms. The van der Waals surface area contributed by atoms with Gasteiger partial charge in [-0.1, -0.05) is 0 Å². The van der Waals surface area contributed by atoms with E-state index in [0.29, 0.717) is 36.4 Å². The Balaban J connectivity index is 2.67. The third-order valence-corrected chi connectivity index (χ3v) is 3.14. The lowest BCUT2D eigenvalue weighted by Gasteiger charge is -2.20. The molecular formula is C16H22N2O5. The third kappa shape index (κ3) is 5.61. The van der Waals surface area contributed by atoms with Crippen molar-refractivity contribution in [3.63, 3.8) is 0 Å². The van der Waals surface area contributed by atoms with Gasteiger partial charge in [-0.25, -0.2) is 0 Å². The zero-order valence-corrected chi connectivity index (χ0v) is 13.6. The summed E-state index contributed by atoms with van der Waals surface area (Å²) >= 11 is 0. The number of likely N-dealkylation sites (N-methyl/N-ethyl adjacent to an activating group) is 2. The third-order valence-electron chi connectivity index (χ3n) is 3.14. The van der Waals surface area contributed by atoms with Gasteiger partial charge in [0.2, 0.25) is 5.91 Å². The van der Waals surface area contributed by atoms with Crippen LogP contribution in [0.4, 0.5) is 0 Å². The van der Waals surface area contributed by atoms with Gasteiger partial charge in [-0.3, -0.25) is 14.4 Å². The topological polar surface area (TPSA) is 84.9 Å². The first-order valence-electron chi connectivity index (χ1n) is 7.36. The summed E-state index contributed by atoms with van der Waals surface area (Å²) in [6.07, 6.45) is 0.634. The molecule has 0 heterocycles. The second kappa shape index (κ2) is 9.45. The molecule has 23 heavy (non-hydrogen) atoms. The Bertz CT molecular complexity index is 559. The second-order valence-electron chi connectivity index (χ2n) is 4.67. The van der Waals surface area contributed by atoms with Crippen molar-refractivity contribution >= 4 is 18.1 Å². The van der Waals surface area contributed by atoms with Crippen molar-refractivity contribution in [2.75, 3.05) is 33.4 Å². The number of rotatable bonds is 9. The molecule has 0 atom stereocenters. The summed E-state index contributed by atoms with van der Waals surface area (Å²) < 4.78 is 10.4. The summed E-state index contributed by atoms with van der Waals surface area (Å²) in [5.41, 5.74) is 0.295. The van der Waals surface area contributed by atoms with E-state index in [9.17, 15) is 14.4 Å². The van der Waals surface area contributed by atoms with Gasteiger partial charge < -0.3 is 19.7 Å². The predicted octanol–water partition coefficient (Wildman–Crippen LogP) is 0.871. The molecule has 0 aromatic heterocycles. The highest BCUT2D eigenvalue weighted by atomic mass is 16.5. The molecule has 2 amide bonds. The minimum atomic E-state index is -0.327. The zero-order valence-electron chi connectivity index (χ0n) is 13.6. The van der Waals surface area contributed by atoms with Crippen LogP contribution in [0, 0.1) is 0 Å². The van der Waals surface area contributed by atoms with E-state index in [0.717, 1.165) is 0 Å². The predicted molar refractivity (Wildman–Crippen MR) is 84.8 cm³/mol. The van der Waals surface area contributed by atoms with Crippen molar-refractivity contribution in [2.45, 2.75) is 13.8 Å². The van der Waals surface area contributed by atoms with Crippen LogP contribution in [-0.4, -0.2) is 56.4 Å². The molecule has 1 N–H and O–H groups in total. The first kappa shape index (κ1) is 18.5. The average Bonchev–Trinajstić information content (AvgIpc) is 2.57. The fourth-order valence-electron chi connectivity index (χ4n) is 1.91. The molecule has 0 aliphatic carbocycles. The van der Waals surface area contributed by atoms with Crippen molar-refractivity contribution in [1.82, 2.24) is 10.2 Å². The first-order valence-corrected chi connectivity index (χ1v) is 7.36. The Hall–Kier alpha value is -2.57. The molecular weight excluding hydrogens is 300 g/mol. The number of benzene rings is 1. The first-order chi connectivity index (χ1) is 11.0. The molecule has 0 radical (unpaired) electrons. The summed E-state index contributed by atoms with van der Waals surface area (Å²) in [7, 11) is 1.49. The van der Waals surface area contributed by atoms with Crippen molar-refractivity contribution in [3.8, 4) is 11.5 Å². The maximum atomic E-state index is 12.1. The lowest BCUT2D eigenvalue weighted by Crippen LogP contribution is -2.42. The molecule has 1 rings (SSSR count). The molecule has 0 saturated heterocycles. The van der Waals surface area contributed by atoms with Gasteiger partial charge in [0, 0.05) is 13.1 Å². The number of carbonyl (C=O) groups excluding carboxylic acids is 3. The van der Waals surface area contributed by atoms with Gasteiger partial charge in [0.05, 0.1) is 19.2 Å².